The molecule has 0 saturated heterocycles. The summed E-state index contributed by atoms with van der Waals surface area (Å²) < 4.78 is 26.2. The van der Waals surface area contributed by atoms with E-state index in [0.717, 1.165) is 5.56 Å². The average Bonchev–Trinajstić information content (AvgIpc) is 2.59. The molecular weight excluding hydrogens is 360 g/mol. The van der Waals surface area contributed by atoms with Crippen molar-refractivity contribution >= 4 is 27.5 Å². The normalized spacial score (nSPS) is 10.9. The van der Waals surface area contributed by atoms with Crippen molar-refractivity contribution in [1.82, 2.24) is 9.62 Å². The topological polar surface area (TPSA) is 66.5 Å². The predicted octanol–water partition coefficient (Wildman–Crippen LogP) is 2.52. The molecule has 0 fully saturated rings. The molecular formula is C18H17ClN2O3S. The van der Waals surface area contributed by atoms with Gasteiger partial charge in [-0.2, -0.15) is 4.72 Å². The average molecular weight is 377 g/mol. The maximum Gasteiger partial charge on any atom is 0.253 e. The van der Waals surface area contributed by atoms with Gasteiger partial charge in [0.15, 0.2) is 0 Å². The van der Waals surface area contributed by atoms with Crippen molar-refractivity contribution in [1.29, 1.82) is 0 Å². The predicted molar refractivity (Wildman–Crippen MR) is 97.7 cm³/mol. The van der Waals surface area contributed by atoms with Gasteiger partial charge in [0.05, 0.1) is 11.4 Å². The summed E-state index contributed by atoms with van der Waals surface area (Å²) in [5, 5.41) is 0.604. The van der Waals surface area contributed by atoms with E-state index in [1.54, 1.807) is 19.2 Å². The van der Waals surface area contributed by atoms with Crippen LogP contribution in [0.4, 0.5) is 0 Å². The number of nitrogens with zero attached hydrogens (tertiary/aromatic N) is 1. The Kier molecular flexibility index (Phi) is 6.21. The zero-order chi connectivity index (χ0) is 18.4. The fraction of sp³-hybridized carbons (Fsp3) is 0.167. The summed E-state index contributed by atoms with van der Waals surface area (Å²) in [6.07, 6.45) is 5.05. The molecule has 0 heterocycles. The Morgan fingerprint density at radius 2 is 1.92 bits per heavy atom. The van der Waals surface area contributed by atoms with Gasteiger partial charge in [-0.1, -0.05) is 29.7 Å². The van der Waals surface area contributed by atoms with Crippen LogP contribution in [-0.2, 0) is 16.6 Å². The fourth-order valence-corrected chi connectivity index (χ4v) is 3.35. The highest BCUT2D eigenvalue weighted by Crippen LogP contribution is 2.15. The third-order valence-corrected chi connectivity index (χ3v) is 5.08. The van der Waals surface area contributed by atoms with E-state index >= 15 is 0 Å². The monoisotopic (exact) mass is 376 g/mol. The number of carbonyl (C=O) groups is 1. The number of rotatable bonds is 6. The van der Waals surface area contributed by atoms with Gasteiger partial charge in [-0.25, -0.2) is 8.42 Å². The van der Waals surface area contributed by atoms with Gasteiger partial charge in [0.25, 0.3) is 5.91 Å². The van der Waals surface area contributed by atoms with Crippen LogP contribution in [0.5, 0.6) is 0 Å². The molecule has 0 bridgehead atoms. The fourth-order valence-electron chi connectivity index (χ4n) is 2.20. The van der Waals surface area contributed by atoms with Crippen LogP contribution in [-0.4, -0.2) is 32.8 Å². The second kappa shape index (κ2) is 8.17. The van der Waals surface area contributed by atoms with Crippen LogP contribution < -0.4 is 4.72 Å². The molecule has 0 radical (unpaired) electrons. The number of hydrogen-bond donors (Lipinski definition) is 1. The third-order valence-electron chi connectivity index (χ3n) is 3.43. The molecule has 5 nitrogen and oxygen atoms in total. The molecule has 0 spiro atoms. The molecule has 0 unspecified atom stereocenters. The van der Waals surface area contributed by atoms with Crippen molar-refractivity contribution < 1.29 is 13.2 Å². The minimum absolute atomic E-state index is 0.0526. The molecule has 130 valence electrons. The Balaban J connectivity index is 2.11. The Morgan fingerprint density at radius 1 is 1.24 bits per heavy atom. The van der Waals surface area contributed by atoms with Crippen LogP contribution in [0.15, 0.2) is 53.4 Å². The molecule has 2 aromatic rings. The molecule has 7 heteroatoms. The number of hydrogen-bond acceptors (Lipinski definition) is 3. The Bertz CT molecular complexity index is 903. The minimum atomic E-state index is -3.67. The van der Waals surface area contributed by atoms with Crippen LogP contribution >= 0.6 is 11.6 Å². The summed E-state index contributed by atoms with van der Waals surface area (Å²) in [4.78, 5) is 14.1. The SMILES string of the molecule is C#CCNS(=O)(=O)c1ccc(C(=O)N(C)Cc2cccc(Cl)c2)cc1. The molecule has 0 saturated carbocycles. The van der Waals surface area contributed by atoms with Crippen LogP contribution in [0.3, 0.4) is 0 Å². The lowest BCUT2D eigenvalue weighted by molar-refractivity contribution is 0.0785. The summed E-state index contributed by atoms with van der Waals surface area (Å²) in [5.74, 6) is 1.98. The first-order valence-electron chi connectivity index (χ1n) is 7.36. The van der Waals surface area contributed by atoms with Gasteiger partial charge in [0, 0.05) is 24.2 Å². The number of sulfonamides is 1. The molecule has 0 aliphatic rings. The number of amides is 1. The molecule has 1 N–H and O–H groups in total. The molecule has 0 aliphatic heterocycles. The van der Waals surface area contributed by atoms with Gasteiger partial charge >= 0.3 is 0 Å². The lowest BCUT2D eigenvalue weighted by Gasteiger charge is -2.17. The first-order chi connectivity index (χ1) is 11.8. The second-order valence-corrected chi connectivity index (χ2v) is 7.55. The van der Waals surface area contributed by atoms with Gasteiger partial charge < -0.3 is 4.90 Å². The van der Waals surface area contributed by atoms with Crippen molar-refractivity contribution in [2.45, 2.75) is 11.4 Å². The molecule has 1 amide bonds. The van der Waals surface area contributed by atoms with Crippen molar-refractivity contribution in [3.63, 3.8) is 0 Å². The first-order valence-corrected chi connectivity index (χ1v) is 9.22. The Hall–Kier alpha value is -2.33. The lowest BCUT2D eigenvalue weighted by Crippen LogP contribution is -2.26. The summed E-state index contributed by atoms with van der Waals surface area (Å²) in [6.45, 7) is 0.300. The van der Waals surface area contributed by atoms with E-state index in [-0.39, 0.29) is 17.3 Å². The van der Waals surface area contributed by atoms with Crippen molar-refractivity contribution in [3.8, 4) is 12.3 Å². The maximum atomic E-state index is 12.5. The second-order valence-electron chi connectivity index (χ2n) is 5.34. The number of terminal acetylenes is 1. The number of nitrogens with one attached hydrogen (secondary N) is 1. The zero-order valence-corrected chi connectivity index (χ0v) is 15.1. The standard InChI is InChI=1S/C18H17ClN2O3S/c1-3-11-20-25(23,24)17-9-7-15(8-10-17)18(22)21(2)13-14-5-4-6-16(19)12-14/h1,4-10,12,20H,11,13H2,2H3. The third kappa shape index (κ3) is 5.07. The van der Waals surface area contributed by atoms with E-state index < -0.39 is 10.0 Å². The highest BCUT2D eigenvalue weighted by molar-refractivity contribution is 7.89. The van der Waals surface area contributed by atoms with Gasteiger partial charge in [0.2, 0.25) is 10.0 Å². The van der Waals surface area contributed by atoms with E-state index in [2.05, 4.69) is 10.6 Å². The van der Waals surface area contributed by atoms with Gasteiger partial charge in [-0.05, 0) is 42.0 Å². The van der Waals surface area contributed by atoms with Crippen molar-refractivity contribution in [2.75, 3.05) is 13.6 Å². The minimum Gasteiger partial charge on any atom is -0.337 e. The molecule has 0 atom stereocenters. The van der Waals surface area contributed by atoms with Gasteiger partial charge in [-0.15, -0.1) is 6.42 Å². The largest absolute Gasteiger partial charge is 0.337 e. The van der Waals surface area contributed by atoms with E-state index in [1.165, 1.54) is 29.2 Å². The molecule has 0 aromatic heterocycles. The van der Waals surface area contributed by atoms with E-state index in [4.69, 9.17) is 18.0 Å². The van der Waals surface area contributed by atoms with E-state index in [0.29, 0.717) is 17.1 Å². The summed E-state index contributed by atoms with van der Waals surface area (Å²) >= 11 is 5.94. The van der Waals surface area contributed by atoms with Crippen LogP contribution in [0.25, 0.3) is 0 Å². The smallest absolute Gasteiger partial charge is 0.253 e. The number of benzene rings is 2. The maximum absolute atomic E-state index is 12.5. The molecule has 2 rings (SSSR count). The van der Waals surface area contributed by atoms with E-state index in [1.807, 2.05) is 12.1 Å². The van der Waals surface area contributed by atoms with Gasteiger partial charge in [-0.3, -0.25) is 4.79 Å². The quantitative estimate of drug-likeness (QED) is 0.788. The van der Waals surface area contributed by atoms with Crippen LogP contribution in [0.1, 0.15) is 15.9 Å². The highest BCUT2D eigenvalue weighted by atomic mass is 35.5. The van der Waals surface area contributed by atoms with Gasteiger partial charge in [0.1, 0.15) is 0 Å². The van der Waals surface area contributed by atoms with Crippen LogP contribution in [0.2, 0.25) is 5.02 Å². The highest BCUT2D eigenvalue weighted by Gasteiger charge is 2.16. The molecule has 2 aromatic carbocycles. The summed E-state index contributed by atoms with van der Waals surface area (Å²) in [7, 11) is -2.00. The lowest BCUT2D eigenvalue weighted by atomic mass is 10.1. The Morgan fingerprint density at radius 3 is 2.52 bits per heavy atom. The zero-order valence-electron chi connectivity index (χ0n) is 13.6. The molecule has 25 heavy (non-hydrogen) atoms. The van der Waals surface area contributed by atoms with Crippen molar-refractivity contribution in [2.24, 2.45) is 0 Å². The van der Waals surface area contributed by atoms with Crippen molar-refractivity contribution in [3.05, 3.63) is 64.7 Å². The molecule has 0 aliphatic carbocycles. The van der Waals surface area contributed by atoms with E-state index in [9.17, 15) is 13.2 Å². The number of halogens is 1. The Labute approximate surface area is 152 Å². The summed E-state index contributed by atoms with van der Waals surface area (Å²) in [5.41, 5.74) is 1.29. The van der Waals surface area contributed by atoms with Crippen LogP contribution in [0, 0.1) is 12.3 Å². The summed E-state index contributed by atoms with van der Waals surface area (Å²) in [6, 6.07) is 12.9. The number of carbonyl (C=O) groups excluding carboxylic acids is 1. The first kappa shape index (κ1) is 19.0.